The molecule has 0 spiro atoms. The van der Waals surface area contributed by atoms with Crippen molar-refractivity contribution in [1.29, 1.82) is 0 Å². The van der Waals surface area contributed by atoms with Crippen molar-refractivity contribution < 1.29 is 4.74 Å². The Morgan fingerprint density at radius 1 is 1.67 bits per heavy atom. The van der Waals surface area contributed by atoms with E-state index in [2.05, 4.69) is 18.8 Å². The molecule has 2 atom stereocenters. The van der Waals surface area contributed by atoms with E-state index in [-0.39, 0.29) is 0 Å². The first-order valence-electron chi connectivity index (χ1n) is 4.81. The van der Waals surface area contributed by atoms with Gasteiger partial charge < -0.3 is 10.1 Å². The molecule has 2 heteroatoms. The van der Waals surface area contributed by atoms with Gasteiger partial charge in [0.25, 0.3) is 0 Å². The second-order valence-corrected chi connectivity index (χ2v) is 3.31. The Balaban J connectivity index is 2.16. The fraction of sp³-hybridized carbons (Fsp3) is 0.800. The number of ether oxygens (including phenoxy) is 1. The van der Waals surface area contributed by atoms with E-state index < -0.39 is 0 Å². The molecule has 0 bridgehead atoms. The van der Waals surface area contributed by atoms with Gasteiger partial charge in [0.05, 0.1) is 6.10 Å². The third-order valence-corrected chi connectivity index (χ3v) is 2.44. The fourth-order valence-corrected chi connectivity index (χ4v) is 1.75. The van der Waals surface area contributed by atoms with Crippen LogP contribution in [0.3, 0.4) is 0 Å². The number of rotatable bonds is 5. The summed E-state index contributed by atoms with van der Waals surface area (Å²) < 4.78 is 5.58. The second kappa shape index (κ2) is 5.33. The minimum absolute atomic E-state index is 0.488. The van der Waals surface area contributed by atoms with Crippen molar-refractivity contribution in [2.45, 2.75) is 25.9 Å². The Labute approximate surface area is 75.0 Å². The summed E-state index contributed by atoms with van der Waals surface area (Å²) in [6.45, 7) is 8.79. The zero-order valence-corrected chi connectivity index (χ0v) is 7.88. The van der Waals surface area contributed by atoms with Crippen molar-refractivity contribution in [2.24, 2.45) is 5.92 Å². The van der Waals surface area contributed by atoms with E-state index in [0.717, 1.165) is 32.0 Å². The molecule has 0 aromatic heterocycles. The average molecular weight is 169 g/mol. The zero-order valence-electron chi connectivity index (χ0n) is 7.88. The van der Waals surface area contributed by atoms with Gasteiger partial charge in [0.1, 0.15) is 0 Å². The third kappa shape index (κ3) is 2.61. The van der Waals surface area contributed by atoms with E-state index in [4.69, 9.17) is 4.74 Å². The summed E-state index contributed by atoms with van der Waals surface area (Å²) in [6, 6.07) is 0. The molecule has 1 heterocycles. The van der Waals surface area contributed by atoms with Gasteiger partial charge in [-0.25, -0.2) is 0 Å². The first-order valence-corrected chi connectivity index (χ1v) is 4.81. The number of nitrogens with one attached hydrogen (secondary N) is 1. The fourth-order valence-electron chi connectivity index (χ4n) is 1.75. The molecule has 12 heavy (non-hydrogen) atoms. The van der Waals surface area contributed by atoms with E-state index in [1.807, 2.05) is 6.08 Å². The lowest BCUT2D eigenvalue weighted by Crippen LogP contribution is -2.28. The third-order valence-electron chi connectivity index (χ3n) is 2.44. The van der Waals surface area contributed by atoms with Crippen molar-refractivity contribution >= 4 is 0 Å². The average Bonchev–Trinajstić information content (AvgIpc) is 2.52. The summed E-state index contributed by atoms with van der Waals surface area (Å²) in [5, 5.41) is 3.34. The van der Waals surface area contributed by atoms with Gasteiger partial charge in [-0.15, -0.1) is 6.58 Å². The minimum Gasteiger partial charge on any atom is -0.378 e. The summed E-state index contributed by atoms with van der Waals surface area (Å²) in [4.78, 5) is 0. The Morgan fingerprint density at radius 2 is 2.50 bits per heavy atom. The molecule has 1 aliphatic heterocycles. The van der Waals surface area contributed by atoms with Crippen molar-refractivity contribution in [3.8, 4) is 0 Å². The lowest BCUT2D eigenvalue weighted by Gasteiger charge is -2.16. The summed E-state index contributed by atoms with van der Waals surface area (Å²) >= 11 is 0. The first-order chi connectivity index (χ1) is 5.88. The summed E-state index contributed by atoms with van der Waals surface area (Å²) in [5.41, 5.74) is 0. The van der Waals surface area contributed by atoms with Crippen LogP contribution in [0.25, 0.3) is 0 Å². The molecule has 0 aromatic rings. The van der Waals surface area contributed by atoms with Crippen LogP contribution in [0.4, 0.5) is 0 Å². The van der Waals surface area contributed by atoms with Crippen LogP contribution in [0.15, 0.2) is 12.7 Å². The summed E-state index contributed by atoms with van der Waals surface area (Å²) in [6.07, 6.45) is 4.74. The second-order valence-electron chi connectivity index (χ2n) is 3.31. The maximum absolute atomic E-state index is 5.58. The monoisotopic (exact) mass is 169 g/mol. The predicted molar refractivity (Wildman–Crippen MR) is 51.2 cm³/mol. The molecular weight excluding hydrogens is 150 g/mol. The van der Waals surface area contributed by atoms with E-state index in [1.165, 1.54) is 6.42 Å². The highest BCUT2D eigenvalue weighted by atomic mass is 16.5. The molecule has 0 saturated carbocycles. The van der Waals surface area contributed by atoms with Gasteiger partial charge >= 0.3 is 0 Å². The van der Waals surface area contributed by atoms with Crippen LogP contribution >= 0.6 is 0 Å². The topological polar surface area (TPSA) is 21.3 Å². The van der Waals surface area contributed by atoms with Crippen LogP contribution < -0.4 is 5.32 Å². The quantitative estimate of drug-likeness (QED) is 0.498. The number of hydrogen-bond donors (Lipinski definition) is 1. The Morgan fingerprint density at radius 3 is 3.17 bits per heavy atom. The highest BCUT2D eigenvalue weighted by Crippen LogP contribution is 2.22. The number of hydrogen-bond acceptors (Lipinski definition) is 2. The molecule has 0 radical (unpaired) electrons. The highest BCUT2D eigenvalue weighted by Gasteiger charge is 2.25. The van der Waals surface area contributed by atoms with Crippen LogP contribution in [0.1, 0.15) is 19.8 Å². The van der Waals surface area contributed by atoms with E-state index in [0.29, 0.717) is 6.10 Å². The van der Waals surface area contributed by atoms with Gasteiger partial charge in [-0.05, 0) is 18.8 Å². The van der Waals surface area contributed by atoms with Crippen LogP contribution in [0.2, 0.25) is 0 Å². The van der Waals surface area contributed by atoms with Crippen molar-refractivity contribution in [3.05, 3.63) is 12.7 Å². The molecule has 2 unspecified atom stereocenters. The van der Waals surface area contributed by atoms with Crippen LogP contribution in [0, 0.1) is 5.92 Å². The smallest absolute Gasteiger partial charge is 0.0613 e. The normalized spacial score (nSPS) is 29.1. The van der Waals surface area contributed by atoms with Crippen LogP contribution in [0.5, 0.6) is 0 Å². The Bertz CT molecular complexity index is 136. The molecule has 1 aliphatic rings. The Kier molecular flexibility index (Phi) is 4.33. The molecule has 0 aromatic carbocycles. The lowest BCUT2D eigenvalue weighted by atomic mass is 10.00. The molecule has 70 valence electrons. The molecule has 0 amide bonds. The predicted octanol–water partition coefficient (Wildman–Crippen LogP) is 1.58. The van der Waals surface area contributed by atoms with Crippen molar-refractivity contribution in [1.82, 2.24) is 5.32 Å². The first kappa shape index (κ1) is 9.75. The molecule has 1 saturated heterocycles. The van der Waals surface area contributed by atoms with Crippen LogP contribution in [-0.4, -0.2) is 25.8 Å². The largest absolute Gasteiger partial charge is 0.378 e. The maximum Gasteiger partial charge on any atom is 0.0613 e. The molecule has 0 aliphatic carbocycles. The molecule has 1 rings (SSSR count). The highest BCUT2D eigenvalue weighted by molar-refractivity contribution is 4.79. The van der Waals surface area contributed by atoms with Gasteiger partial charge in [-0.2, -0.15) is 0 Å². The molecule has 2 nitrogen and oxygen atoms in total. The van der Waals surface area contributed by atoms with Crippen molar-refractivity contribution in [3.63, 3.8) is 0 Å². The zero-order chi connectivity index (χ0) is 8.81. The van der Waals surface area contributed by atoms with Gasteiger partial charge in [-0.3, -0.25) is 0 Å². The van der Waals surface area contributed by atoms with E-state index in [9.17, 15) is 0 Å². The summed E-state index contributed by atoms with van der Waals surface area (Å²) in [7, 11) is 0. The molecule has 1 N–H and O–H groups in total. The van der Waals surface area contributed by atoms with E-state index >= 15 is 0 Å². The summed E-state index contributed by atoms with van der Waals surface area (Å²) in [5.74, 6) is 0.718. The lowest BCUT2D eigenvalue weighted by molar-refractivity contribution is 0.0875. The Hall–Kier alpha value is -0.340. The standard InChI is InChI=1S/C10H19NO/c1-3-6-11-8-9-5-7-12-10(9)4-2/h3,9-11H,1,4-8H2,2H3. The van der Waals surface area contributed by atoms with E-state index in [1.54, 1.807) is 0 Å². The van der Waals surface area contributed by atoms with Crippen LogP contribution in [-0.2, 0) is 4.74 Å². The maximum atomic E-state index is 5.58. The SMILES string of the molecule is C=CCNCC1CCOC1CC. The molecule has 1 fully saturated rings. The minimum atomic E-state index is 0.488. The molecular formula is C10H19NO. The van der Waals surface area contributed by atoms with Gasteiger partial charge in [0.2, 0.25) is 0 Å². The van der Waals surface area contributed by atoms with Gasteiger partial charge in [-0.1, -0.05) is 13.0 Å². The van der Waals surface area contributed by atoms with Gasteiger partial charge in [0.15, 0.2) is 0 Å². The van der Waals surface area contributed by atoms with Crippen molar-refractivity contribution in [2.75, 3.05) is 19.7 Å². The van der Waals surface area contributed by atoms with Gasteiger partial charge in [0, 0.05) is 19.7 Å².